The molecule has 1 aromatic carbocycles. The number of halogens is 1. The Morgan fingerprint density at radius 3 is 2.79 bits per heavy atom. The Labute approximate surface area is 153 Å². The molecule has 2 atom stereocenters. The van der Waals surface area contributed by atoms with E-state index in [-0.39, 0.29) is 12.5 Å². The summed E-state index contributed by atoms with van der Waals surface area (Å²) in [4.78, 5) is 11.8. The van der Waals surface area contributed by atoms with E-state index in [0.717, 1.165) is 12.0 Å². The van der Waals surface area contributed by atoms with Gasteiger partial charge in [-0.25, -0.2) is 0 Å². The van der Waals surface area contributed by atoms with Crippen molar-refractivity contribution in [3.05, 3.63) is 28.8 Å². The minimum Gasteiger partial charge on any atom is -0.484 e. The van der Waals surface area contributed by atoms with Crippen LogP contribution in [0.1, 0.15) is 38.2 Å². The first-order valence-electron chi connectivity index (χ1n) is 8.20. The maximum Gasteiger partial charge on any atom is 0.276 e. The fraction of sp³-hybridized carbons (Fsp3) is 0.529. The summed E-state index contributed by atoms with van der Waals surface area (Å²) in [7, 11) is 0. The van der Waals surface area contributed by atoms with E-state index in [1.807, 2.05) is 6.92 Å². The van der Waals surface area contributed by atoms with Crippen LogP contribution in [0.25, 0.3) is 0 Å². The fourth-order valence-corrected chi connectivity index (χ4v) is 3.07. The lowest BCUT2D eigenvalue weighted by Gasteiger charge is -2.30. The number of rotatable bonds is 4. The van der Waals surface area contributed by atoms with E-state index in [9.17, 15) is 4.79 Å². The van der Waals surface area contributed by atoms with Gasteiger partial charge in [0.2, 0.25) is 0 Å². The van der Waals surface area contributed by atoms with Gasteiger partial charge in [-0.3, -0.25) is 15.6 Å². The van der Waals surface area contributed by atoms with Crippen LogP contribution in [0.2, 0.25) is 5.02 Å². The fourth-order valence-electron chi connectivity index (χ4n) is 2.75. The molecule has 0 aliphatic heterocycles. The molecule has 1 amide bonds. The van der Waals surface area contributed by atoms with Gasteiger partial charge in [-0.1, -0.05) is 31.4 Å². The molecule has 1 aliphatic rings. The van der Waals surface area contributed by atoms with E-state index in [0.29, 0.717) is 27.8 Å². The molecular formula is C17H24ClN3O2S. The molecule has 3 N–H and O–H groups in total. The monoisotopic (exact) mass is 369 g/mol. The lowest BCUT2D eigenvalue weighted by molar-refractivity contribution is -0.123. The predicted octanol–water partition coefficient (Wildman–Crippen LogP) is 3.10. The largest absolute Gasteiger partial charge is 0.484 e. The summed E-state index contributed by atoms with van der Waals surface area (Å²) < 4.78 is 5.43. The molecule has 2 rings (SSSR count). The molecule has 1 saturated carbocycles. The van der Waals surface area contributed by atoms with Gasteiger partial charge in [-0.15, -0.1) is 0 Å². The number of carbonyl (C=O) groups excluding carboxylic acids is 1. The van der Waals surface area contributed by atoms with Gasteiger partial charge in [0.1, 0.15) is 5.75 Å². The zero-order chi connectivity index (χ0) is 17.5. The van der Waals surface area contributed by atoms with Crippen molar-refractivity contribution in [2.75, 3.05) is 6.61 Å². The Morgan fingerprint density at radius 1 is 1.33 bits per heavy atom. The minimum absolute atomic E-state index is 0.101. The summed E-state index contributed by atoms with van der Waals surface area (Å²) in [6.45, 7) is 4.00. The summed E-state index contributed by atoms with van der Waals surface area (Å²) in [5, 5.41) is 4.36. The average molecular weight is 370 g/mol. The summed E-state index contributed by atoms with van der Waals surface area (Å²) >= 11 is 11.2. The van der Waals surface area contributed by atoms with Crippen LogP contribution in [0.3, 0.4) is 0 Å². The molecule has 0 aromatic heterocycles. The number of hydrogen-bond donors (Lipinski definition) is 3. The average Bonchev–Trinajstić information content (AvgIpc) is 2.56. The van der Waals surface area contributed by atoms with Crippen molar-refractivity contribution in [1.29, 1.82) is 0 Å². The number of nitrogens with one attached hydrogen (secondary N) is 3. The lowest BCUT2D eigenvalue weighted by Crippen LogP contribution is -2.52. The van der Waals surface area contributed by atoms with E-state index in [1.54, 1.807) is 18.2 Å². The van der Waals surface area contributed by atoms with Crippen molar-refractivity contribution in [2.45, 2.75) is 45.6 Å². The van der Waals surface area contributed by atoms with Crippen LogP contribution in [0.15, 0.2) is 18.2 Å². The molecule has 7 heteroatoms. The van der Waals surface area contributed by atoms with Crippen LogP contribution in [-0.4, -0.2) is 23.7 Å². The van der Waals surface area contributed by atoms with E-state index in [1.165, 1.54) is 19.3 Å². The van der Waals surface area contributed by atoms with Gasteiger partial charge in [-0.05, 0) is 61.7 Å². The number of ether oxygens (including phenoxy) is 1. The van der Waals surface area contributed by atoms with Crippen LogP contribution in [0.5, 0.6) is 5.75 Å². The molecule has 5 nitrogen and oxygen atoms in total. The van der Waals surface area contributed by atoms with Crippen LogP contribution in [-0.2, 0) is 4.79 Å². The van der Waals surface area contributed by atoms with Crippen molar-refractivity contribution >= 4 is 34.8 Å². The van der Waals surface area contributed by atoms with E-state index in [2.05, 4.69) is 23.1 Å². The number of benzene rings is 1. The Kier molecular flexibility index (Phi) is 7.12. The maximum absolute atomic E-state index is 11.8. The maximum atomic E-state index is 11.8. The second kappa shape index (κ2) is 9.08. The van der Waals surface area contributed by atoms with Crippen LogP contribution in [0, 0.1) is 12.8 Å². The molecule has 1 aliphatic carbocycles. The Hall–Kier alpha value is -1.53. The third-order valence-corrected chi connectivity index (χ3v) is 4.89. The number of carbonyl (C=O) groups is 1. The predicted molar refractivity (Wildman–Crippen MR) is 100 cm³/mol. The molecule has 0 bridgehead atoms. The molecule has 0 heterocycles. The smallest absolute Gasteiger partial charge is 0.276 e. The van der Waals surface area contributed by atoms with Gasteiger partial charge in [-0.2, -0.15) is 0 Å². The summed E-state index contributed by atoms with van der Waals surface area (Å²) in [6.07, 6.45) is 4.81. The summed E-state index contributed by atoms with van der Waals surface area (Å²) in [5.41, 5.74) is 6.17. The Balaban J connectivity index is 1.68. The zero-order valence-electron chi connectivity index (χ0n) is 14.0. The molecular weight excluding hydrogens is 346 g/mol. The number of thiocarbonyl (C=S) groups is 1. The number of amides is 1. The highest BCUT2D eigenvalue weighted by molar-refractivity contribution is 7.80. The van der Waals surface area contributed by atoms with Gasteiger partial charge in [0, 0.05) is 11.1 Å². The van der Waals surface area contributed by atoms with Crippen molar-refractivity contribution in [1.82, 2.24) is 16.2 Å². The first kappa shape index (κ1) is 18.8. The standard InChI is InChI=1S/C17H24ClN3O2S/c1-11-5-3-4-6-15(11)19-17(24)21-20-16(22)10-23-13-7-8-14(18)12(2)9-13/h7-9,11,15H,3-6,10H2,1-2H3,(H,20,22)(H2,19,21,24)/t11-,15+/m1/s1. The van der Waals surface area contributed by atoms with Gasteiger partial charge in [0.05, 0.1) is 0 Å². The third kappa shape index (κ3) is 5.83. The van der Waals surface area contributed by atoms with Crippen LogP contribution < -0.4 is 20.9 Å². The second-order valence-corrected chi connectivity index (χ2v) is 7.03. The lowest BCUT2D eigenvalue weighted by atomic mass is 9.86. The molecule has 0 spiro atoms. The first-order chi connectivity index (χ1) is 11.5. The Morgan fingerprint density at radius 2 is 2.08 bits per heavy atom. The number of hydrazine groups is 1. The van der Waals surface area contributed by atoms with E-state index >= 15 is 0 Å². The van der Waals surface area contributed by atoms with Gasteiger partial charge >= 0.3 is 0 Å². The number of hydrogen-bond acceptors (Lipinski definition) is 3. The quantitative estimate of drug-likeness (QED) is 0.562. The highest BCUT2D eigenvalue weighted by Gasteiger charge is 2.21. The molecule has 24 heavy (non-hydrogen) atoms. The number of aryl methyl sites for hydroxylation is 1. The highest BCUT2D eigenvalue weighted by atomic mass is 35.5. The minimum atomic E-state index is -0.302. The SMILES string of the molecule is Cc1cc(OCC(=O)NNC(=S)N[C@H]2CCCC[C@H]2C)ccc1Cl. The van der Waals surface area contributed by atoms with Gasteiger partial charge in [0.15, 0.2) is 11.7 Å². The third-order valence-electron chi connectivity index (χ3n) is 4.24. The topological polar surface area (TPSA) is 62.4 Å². The second-order valence-electron chi connectivity index (χ2n) is 6.21. The molecule has 0 saturated heterocycles. The van der Waals surface area contributed by atoms with Gasteiger partial charge in [0.25, 0.3) is 5.91 Å². The van der Waals surface area contributed by atoms with Crippen molar-refractivity contribution in [3.8, 4) is 5.75 Å². The Bertz CT molecular complexity index is 597. The van der Waals surface area contributed by atoms with Crippen molar-refractivity contribution < 1.29 is 9.53 Å². The summed E-state index contributed by atoms with van der Waals surface area (Å²) in [5.74, 6) is 0.887. The highest BCUT2D eigenvalue weighted by Crippen LogP contribution is 2.23. The molecule has 1 fully saturated rings. The van der Waals surface area contributed by atoms with Crippen molar-refractivity contribution in [3.63, 3.8) is 0 Å². The zero-order valence-corrected chi connectivity index (χ0v) is 15.6. The molecule has 0 radical (unpaired) electrons. The van der Waals surface area contributed by atoms with E-state index < -0.39 is 0 Å². The van der Waals surface area contributed by atoms with E-state index in [4.69, 9.17) is 28.6 Å². The molecule has 0 unspecified atom stereocenters. The normalized spacial score (nSPS) is 20.1. The molecule has 132 valence electrons. The van der Waals surface area contributed by atoms with Crippen molar-refractivity contribution in [2.24, 2.45) is 5.92 Å². The van der Waals surface area contributed by atoms with Crippen LogP contribution >= 0.6 is 23.8 Å². The van der Waals surface area contributed by atoms with Crippen LogP contribution in [0.4, 0.5) is 0 Å². The first-order valence-corrected chi connectivity index (χ1v) is 8.98. The van der Waals surface area contributed by atoms with Gasteiger partial charge < -0.3 is 10.1 Å². The summed E-state index contributed by atoms with van der Waals surface area (Å²) in [6, 6.07) is 5.63. The molecule has 1 aromatic rings.